The van der Waals surface area contributed by atoms with E-state index in [1.165, 1.54) is 92.7 Å². The fraction of sp³-hybridized carbons (Fsp3) is 0. The maximum atomic E-state index is 2.45. The maximum Gasteiger partial charge on any atom is 0.0547 e. The van der Waals surface area contributed by atoms with Crippen molar-refractivity contribution in [1.82, 2.24) is 4.57 Å². The van der Waals surface area contributed by atoms with E-state index in [0.29, 0.717) is 0 Å². The molecule has 1 heterocycles. The van der Waals surface area contributed by atoms with Gasteiger partial charge in [0.15, 0.2) is 0 Å². The molecule has 308 valence electrons. The van der Waals surface area contributed by atoms with Gasteiger partial charge in [-0.15, -0.1) is 0 Å². The minimum Gasteiger partial charge on any atom is -0.310 e. The van der Waals surface area contributed by atoms with Gasteiger partial charge in [0, 0.05) is 33.2 Å². The maximum absolute atomic E-state index is 2.45. The Labute approximate surface area is 383 Å². The molecule has 66 heavy (non-hydrogen) atoms. The second kappa shape index (κ2) is 15.5. The molecule has 2 heteroatoms. The molecule has 0 unspecified atom stereocenters. The Morgan fingerprint density at radius 3 is 1.62 bits per heavy atom. The first-order chi connectivity index (χ1) is 32.7. The van der Waals surface area contributed by atoms with Crippen LogP contribution in [0, 0.1) is 0 Å². The summed E-state index contributed by atoms with van der Waals surface area (Å²) in [5.74, 6) is 0. The van der Waals surface area contributed by atoms with Gasteiger partial charge in [-0.2, -0.15) is 0 Å². The van der Waals surface area contributed by atoms with Gasteiger partial charge in [-0.25, -0.2) is 0 Å². The Morgan fingerprint density at radius 2 is 0.833 bits per heavy atom. The van der Waals surface area contributed by atoms with Crippen LogP contribution in [0.25, 0.3) is 104 Å². The first kappa shape index (κ1) is 37.8. The van der Waals surface area contributed by atoms with Gasteiger partial charge in [-0.3, -0.25) is 0 Å². The summed E-state index contributed by atoms with van der Waals surface area (Å²) < 4.78 is 2.43. The molecule has 13 rings (SSSR count). The van der Waals surface area contributed by atoms with Gasteiger partial charge < -0.3 is 9.47 Å². The molecule has 0 fully saturated rings. The number of anilines is 3. The molecule has 0 saturated heterocycles. The highest BCUT2D eigenvalue weighted by atomic mass is 15.1. The molecule has 0 amide bonds. The molecular weight excluding hydrogens is 797 g/mol. The highest BCUT2D eigenvalue weighted by molar-refractivity contribution is 6.25. The summed E-state index contributed by atoms with van der Waals surface area (Å²) in [5.41, 5.74) is 14.1. The number of para-hydroxylation sites is 1. The van der Waals surface area contributed by atoms with E-state index >= 15 is 0 Å². The van der Waals surface area contributed by atoms with Gasteiger partial charge >= 0.3 is 0 Å². The zero-order valence-corrected chi connectivity index (χ0v) is 36.1. The van der Waals surface area contributed by atoms with Crippen molar-refractivity contribution in [2.75, 3.05) is 4.90 Å². The van der Waals surface area contributed by atoms with E-state index in [0.717, 1.165) is 28.3 Å². The quantitative estimate of drug-likeness (QED) is 0.145. The lowest BCUT2D eigenvalue weighted by molar-refractivity contribution is 1.18. The largest absolute Gasteiger partial charge is 0.310 e. The van der Waals surface area contributed by atoms with Crippen LogP contribution < -0.4 is 4.90 Å². The molecule has 13 aromatic rings. The molecule has 0 radical (unpaired) electrons. The summed E-state index contributed by atoms with van der Waals surface area (Å²) in [6.45, 7) is 0. The summed E-state index contributed by atoms with van der Waals surface area (Å²) in [5, 5.41) is 12.4. The van der Waals surface area contributed by atoms with E-state index in [1.54, 1.807) is 0 Å². The summed E-state index contributed by atoms with van der Waals surface area (Å²) in [6, 6.07) is 93.3. The van der Waals surface area contributed by atoms with Crippen LogP contribution in [0.3, 0.4) is 0 Å². The van der Waals surface area contributed by atoms with Crippen LogP contribution in [0.1, 0.15) is 0 Å². The van der Waals surface area contributed by atoms with E-state index in [9.17, 15) is 0 Å². The molecule has 0 spiro atoms. The van der Waals surface area contributed by atoms with E-state index in [1.807, 2.05) is 0 Å². The Bertz CT molecular complexity index is 3970. The predicted octanol–water partition coefficient (Wildman–Crippen LogP) is 17.9. The van der Waals surface area contributed by atoms with E-state index in [2.05, 4.69) is 264 Å². The molecule has 0 aliphatic rings. The molecule has 0 saturated carbocycles. The second-order valence-electron chi connectivity index (χ2n) is 17.3. The number of hydrogen-bond donors (Lipinski definition) is 0. The van der Waals surface area contributed by atoms with Crippen molar-refractivity contribution in [2.45, 2.75) is 0 Å². The lowest BCUT2D eigenvalue weighted by Gasteiger charge is -2.28. The van der Waals surface area contributed by atoms with Gasteiger partial charge in [-0.05, 0) is 126 Å². The lowest BCUT2D eigenvalue weighted by Crippen LogP contribution is -2.11. The van der Waals surface area contributed by atoms with Crippen molar-refractivity contribution in [3.63, 3.8) is 0 Å². The molecular formula is C64H42N2. The van der Waals surface area contributed by atoms with Gasteiger partial charge in [-0.1, -0.05) is 200 Å². The third-order valence-electron chi connectivity index (χ3n) is 13.5. The van der Waals surface area contributed by atoms with E-state index in [-0.39, 0.29) is 0 Å². The second-order valence-corrected chi connectivity index (χ2v) is 17.3. The first-order valence-corrected chi connectivity index (χ1v) is 22.8. The third kappa shape index (κ3) is 6.18. The molecule has 0 N–H and O–H groups in total. The van der Waals surface area contributed by atoms with E-state index in [4.69, 9.17) is 0 Å². The molecule has 0 bridgehead atoms. The number of rotatable bonds is 7. The van der Waals surface area contributed by atoms with Crippen LogP contribution in [0.4, 0.5) is 17.1 Å². The number of aromatic nitrogens is 1. The first-order valence-electron chi connectivity index (χ1n) is 22.8. The van der Waals surface area contributed by atoms with Crippen molar-refractivity contribution >= 4 is 82.0 Å². The third-order valence-corrected chi connectivity index (χ3v) is 13.5. The van der Waals surface area contributed by atoms with Crippen molar-refractivity contribution < 1.29 is 0 Å². The van der Waals surface area contributed by atoms with Gasteiger partial charge in [0.1, 0.15) is 0 Å². The van der Waals surface area contributed by atoms with Gasteiger partial charge in [0.2, 0.25) is 0 Å². The van der Waals surface area contributed by atoms with Crippen molar-refractivity contribution in [1.29, 1.82) is 0 Å². The molecule has 1 aromatic heterocycles. The predicted molar refractivity (Wildman–Crippen MR) is 282 cm³/mol. The van der Waals surface area contributed by atoms with Crippen molar-refractivity contribution in [3.05, 3.63) is 255 Å². The topological polar surface area (TPSA) is 8.17 Å². The van der Waals surface area contributed by atoms with Crippen molar-refractivity contribution in [3.8, 4) is 39.1 Å². The van der Waals surface area contributed by atoms with E-state index < -0.39 is 0 Å². The molecule has 0 atom stereocenters. The zero-order chi connectivity index (χ0) is 43.6. The number of nitrogens with zero attached hydrogens (tertiary/aromatic N) is 2. The normalized spacial score (nSPS) is 11.6. The highest BCUT2D eigenvalue weighted by Gasteiger charge is 2.21. The van der Waals surface area contributed by atoms with Gasteiger partial charge in [0.05, 0.1) is 16.7 Å². The minimum absolute atomic E-state index is 1.09. The summed E-state index contributed by atoms with van der Waals surface area (Å²) in [4.78, 5) is 2.45. The number of fused-ring (bicyclic) bond motifs is 9. The molecule has 2 nitrogen and oxygen atoms in total. The monoisotopic (exact) mass is 838 g/mol. The van der Waals surface area contributed by atoms with Gasteiger partial charge in [0.25, 0.3) is 0 Å². The smallest absolute Gasteiger partial charge is 0.0547 e. The highest BCUT2D eigenvalue weighted by Crippen LogP contribution is 2.46. The van der Waals surface area contributed by atoms with Crippen LogP contribution >= 0.6 is 0 Å². The molecule has 0 aliphatic heterocycles. The fourth-order valence-corrected chi connectivity index (χ4v) is 10.5. The van der Waals surface area contributed by atoms with Crippen molar-refractivity contribution in [2.24, 2.45) is 0 Å². The van der Waals surface area contributed by atoms with Crippen LogP contribution in [0.5, 0.6) is 0 Å². The van der Waals surface area contributed by atoms with Crippen LogP contribution in [0.15, 0.2) is 255 Å². The Balaban J connectivity index is 0.982. The molecule has 12 aromatic carbocycles. The Hall–Kier alpha value is -8.72. The minimum atomic E-state index is 1.09. The lowest BCUT2D eigenvalue weighted by atomic mass is 9.95. The van der Waals surface area contributed by atoms with Crippen LogP contribution in [-0.4, -0.2) is 4.57 Å². The SMILES string of the molecule is c1ccc(-n2c3cccc(-c4cccc(N(c5ccc(-c6ccc(-c7cccc8ccccc78)cc6)cc5)c5cc6ccccc6c6ccccc56)c4)c3c3c4ccccc4ccc32)cc1. The summed E-state index contributed by atoms with van der Waals surface area (Å²) in [7, 11) is 0. The summed E-state index contributed by atoms with van der Waals surface area (Å²) in [6.07, 6.45) is 0. The fourth-order valence-electron chi connectivity index (χ4n) is 10.5. The average molecular weight is 839 g/mol. The molecule has 0 aliphatic carbocycles. The average Bonchev–Trinajstić information content (AvgIpc) is 3.74. The van der Waals surface area contributed by atoms with Crippen LogP contribution in [-0.2, 0) is 0 Å². The number of hydrogen-bond acceptors (Lipinski definition) is 1. The van der Waals surface area contributed by atoms with Crippen LogP contribution in [0.2, 0.25) is 0 Å². The zero-order valence-electron chi connectivity index (χ0n) is 36.1. The number of benzene rings is 12. The Kier molecular flexibility index (Phi) is 8.89. The standard InChI is InChI=1S/C64H42N2/c1-2-20-50(21-3-1)66-60-30-14-29-57(64(60)63-56-25-9-5-16-46(56)37-40-61(63)66)48-19-12-22-52(41-48)65(62-42-49-17-6-8-24-55(49)58-26-10-11-27-59(58)62)51-38-35-44(36-39-51)43-31-33-47(34-32-43)54-28-13-18-45-15-4-7-23-53(45)54/h1-42H. The Morgan fingerprint density at radius 1 is 0.273 bits per heavy atom. The summed E-state index contributed by atoms with van der Waals surface area (Å²) >= 11 is 0.